The van der Waals surface area contributed by atoms with Crippen molar-refractivity contribution in [3.8, 4) is 0 Å². The lowest BCUT2D eigenvalue weighted by Crippen LogP contribution is -2.43. The highest BCUT2D eigenvalue weighted by atomic mass is 16.5. The number of amides is 2. The van der Waals surface area contributed by atoms with Crippen molar-refractivity contribution >= 4 is 22.9 Å². The van der Waals surface area contributed by atoms with Gasteiger partial charge in [0.1, 0.15) is 17.9 Å². The first kappa shape index (κ1) is 20.4. The number of nitrogens with one attached hydrogen (secondary N) is 2. The molecule has 8 nitrogen and oxygen atoms in total. The third kappa shape index (κ3) is 4.55. The number of urea groups is 1. The van der Waals surface area contributed by atoms with Crippen LogP contribution in [0.4, 0.5) is 10.6 Å². The molecule has 1 aliphatic carbocycles. The Bertz CT molecular complexity index is 826. The number of hydrogen-bond acceptors (Lipinski definition) is 5. The van der Waals surface area contributed by atoms with Crippen LogP contribution in [0.5, 0.6) is 0 Å². The second-order valence-electron chi connectivity index (χ2n) is 7.46. The van der Waals surface area contributed by atoms with Crippen LogP contribution in [-0.2, 0) is 17.9 Å². The molecule has 2 aromatic rings. The van der Waals surface area contributed by atoms with E-state index >= 15 is 0 Å². The summed E-state index contributed by atoms with van der Waals surface area (Å²) in [5, 5.41) is 6.06. The minimum absolute atomic E-state index is 0.100. The molecule has 0 unspecified atom stereocenters. The number of carbonyl (C=O) groups excluding carboxylic acids is 1. The molecule has 28 heavy (non-hydrogen) atoms. The average molecular weight is 389 g/mol. The van der Waals surface area contributed by atoms with Crippen molar-refractivity contribution in [2.45, 2.75) is 72.1 Å². The number of aromatic nitrogens is 3. The van der Waals surface area contributed by atoms with Crippen LogP contribution in [0.15, 0.2) is 0 Å². The van der Waals surface area contributed by atoms with E-state index in [1.807, 2.05) is 20.8 Å². The SMILES string of the molecule is CCOCc1nc2c(N)nc(C)c(C)c2n1CCNC(=O)NC1CCCCC1. The molecule has 2 aromatic heterocycles. The zero-order chi connectivity index (χ0) is 20.1. The molecule has 3 rings (SSSR count). The number of imidazole rings is 1. The summed E-state index contributed by atoms with van der Waals surface area (Å²) in [6, 6.07) is 0.198. The topological polar surface area (TPSA) is 107 Å². The number of carbonyl (C=O) groups is 1. The lowest BCUT2D eigenvalue weighted by atomic mass is 9.96. The molecule has 154 valence electrons. The summed E-state index contributed by atoms with van der Waals surface area (Å²) in [5.41, 5.74) is 9.71. The Hall–Kier alpha value is -2.35. The predicted octanol–water partition coefficient (Wildman–Crippen LogP) is 2.80. The zero-order valence-electron chi connectivity index (χ0n) is 17.2. The van der Waals surface area contributed by atoms with Gasteiger partial charge >= 0.3 is 6.03 Å². The van der Waals surface area contributed by atoms with Crippen LogP contribution in [0.25, 0.3) is 11.0 Å². The molecule has 2 amide bonds. The Balaban J connectivity index is 1.72. The van der Waals surface area contributed by atoms with E-state index in [1.165, 1.54) is 19.3 Å². The first-order valence-electron chi connectivity index (χ1n) is 10.2. The molecule has 0 aliphatic heterocycles. The van der Waals surface area contributed by atoms with Crippen molar-refractivity contribution in [3.05, 3.63) is 17.1 Å². The predicted molar refractivity (Wildman–Crippen MR) is 110 cm³/mol. The minimum atomic E-state index is -0.100. The van der Waals surface area contributed by atoms with E-state index in [4.69, 9.17) is 10.5 Å². The number of ether oxygens (including phenoxy) is 1. The Kier molecular flexibility index (Phi) is 6.72. The number of anilines is 1. The van der Waals surface area contributed by atoms with E-state index in [0.717, 1.165) is 35.4 Å². The molecule has 0 spiro atoms. The quantitative estimate of drug-likeness (QED) is 0.676. The van der Waals surface area contributed by atoms with Gasteiger partial charge in [0, 0.05) is 31.4 Å². The molecular weight excluding hydrogens is 356 g/mol. The van der Waals surface area contributed by atoms with Crippen LogP contribution in [0, 0.1) is 13.8 Å². The van der Waals surface area contributed by atoms with E-state index in [2.05, 4.69) is 25.2 Å². The smallest absolute Gasteiger partial charge is 0.315 e. The van der Waals surface area contributed by atoms with Crippen LogP contribution < -0.4 is 16.4 Å². The van der Waals surface area contributed by atoms with Crippen LogP contribution in [-0.4, -0.2) is 39.8 Å². The van der Waals surface area contributed by atoms with Gasteiger partial charge in [-0.1, -0.05) is 19.3 Å². The van der Waals surface area contributed by atoms with E-state index in [1.54, 1.807) is 0 Å². The van der Waals surface area contributed by atoms with E-state index in [9.17, 15) is 4.79 Å². The lowest BCUT2D eigenvalue weighted by molar-refractivity contribution is 0.126. The summed E-state index contributed by atoms with van der Waals surface area (Å²) in [4.78, 5) is 21.3. The third-order valence-corrected chi connectivity index (χ3v) is 5.47. The van der Waals surface area contributed by atoms with Gasteiger partial charge in [-0.25, -0.2) is 14.8 Å². The van der Waals surface area contributed by atoms with Crippen molar-refractivity contribution in [1.82, 2.24) is 25.2 Å². The zero-order valence-corrected chi connectivity index (χ0v) is 17.2. The van der Waals surface area contributed by atoms with Gasteiger partial charge in [0.25, 0.3) is 0 Å². The third-order valence-electron chi connectivity index (χ3n) is 5.47. The summed E-state index contributed by atoms with van der Waals surface area (Å²) in [5.74, 6) is 1.23. The fraction of sp³-hybridized carbons (Fsp3) is 0.650. The first-order valence-corrected chi connectivity index (χ1v) is 10.2. The van der Waals surface area contributed by atoms with Crippen LogP contribution >= 0.6 is 0 Å². The minimum Gasteiger partial charge on any atom is -0.382 e. The molecule has 1 saturated carbocycles. The Morgan fingerprint density at radius 1 is 1.25 bits per heavy atom. The largest absolute Gasteiger partial charge is 0.382 e. The van der Waals surface area contributed by atoms with Crippen molar-refractivity contribution < 1.29 is 9.53 Å². The summed E-state index contributed by atoms with van der Waals surface area (Å²) in [6.07, 6.45) is 5.81. The number of nitrogens with two attached hydrogens (primary N) is 1. The second kappa shape index (κ2) is 9.23. The molecule has 0 saturated heterocycles. The molecular formula is C20H32N6O2. The van der Waals surface area contributed by atoms with Crippen LogP contribution in [0.1, 0.15) is 56.1 Å². The highest BCUT2D eigenvalue weighted by Crippen LogP contribution is 2.26. The Morgan fingerprint density at radius 2 is 2.00 bits per heavy atom. The highest BCUT2D eigenvalue weighted by molar-refractivity contribution is 5.88. The maximum atomic E-state index is 12.2. The van der Waals surface area contributed by atoms with Crippen molar-refractivity contribution in [1.29, 1.82) is 0 Å². The van der Waals surface area contributed by atoms with Crippen molar-refractivity contribution in [3.63, 3.8) is 0 Å². The number of fused-ring (bicyclic) bond motifs is 1. The average Bonchev–Trinajstić information content (AvgIpc) is 3.04. The molecule has 0 bridgehead atoms. The van der Waals surface area contributed by atoms with Gasteiger partial charge in [0.05, 0.1) is 5.52 Å². The van der Waals surface area contributed by atoms with Crippen LogP contribution in [0.3, 0.4) is 0 Å². The summed E-state index contributed by atoms with van der Waals surface area (Å²) in [6.45, 7) is 8.03. The molecule has 8 heteroatoms. The van der Waals surface area contributed by atoms with Gasteiger partial charge in [0.2, 0.25) is 0 Å². The van der Waals surface area contributed by atoms with Crippen molar-refractivity contribution in [2.75, 3.05) is 18.9 Å². The molecule has 2 heterocycles. The fourth-order valence-electron chi connectivity index (χ4n) is 3.86. The Morgan fingerprint density at radius 3 is 2.71 bits per heavy atom. The highest BCUT2D eigenvalue weighted by Gasteiger charge is 2.18. The number of nitrogens with zero attached hydrogens (tertiary/aromatic N) is 3. The van der Waals surface area contributed by atoms with Gasteiger partial charge in [-0.3, -0.25) is 0 Å². The van der Waals surface area contributed by atoms with Crippen LogP contribution in [0.2, 0.25) is 0 Å². The molecule has 0 atom stereocenters. The molecule has 4 N–H and O–H groups in total. The van der Waals surface area contributed by atoms with Gasteiger partial charge in [0.15, 0.2) is 5.82 Å². The monoisotopic (exact) mass is 388 g/mol. The summed E-state index contributed by atoms with van der Waals surface area (Å²) < 4.78 is 7.67. The lowest BCUT2D eigenvalue weighted by Gasteiger charge is -2.23. The van der Waals surface area contributed by atoms with E-state index in [0.29, 0.717) is 43.7 Å². The summed E-state index contributed by atoms with van der Waals surface area (Å²) >= 11 is 0. The van der Waals surface area contributed by atoms with Crippen molar-refractivity contribution in [2.24, 2.45) is 0 Å². The number of hydrogen-bond donors (Lipinski definition) is 3. The molecule has 1 aliphatic rings. The number of rotatable bonds is 7. The van der Waals surface area contributed by atoms with E-state index < -0.39 is 0 Å². The van der Waals surface area contributed by atoms with Gasteiger partial charge in [-0.05, 0) is 39.2 Å². The van der Waals surface area contributed by atoms with Gasteiger partial charge in [-0.15, -0.1) is 0 Å². The molecule has 1 fully saturated rings. The van der Waals surface area contributed by atoms with E-state index in [-0.39, 0.29) is 6.03 Å². The standard InChI is InChI=1S/C20H32N6O2/c1-4-28-12-16-25-17-18(13(2)14(3)23-19(17)21)26(16)11-10-22-20(27)24-15-8-6-5-7-9-15/h15H,4-12H2,1-3H3,(H2,21,23)(H2,22,24,27). The maximum absolute atomic E-state index is 12.2. The summed E-state index contributed by atoms with van der Waals surface area (Å²) in [7, 11) is 0. The van der Waals surface area contributed by atoms with Gasteiger partial charge in [-0.2, -0.15) is 0 Å². The number of aryl methyl sites for hydroxylation is 2. The Labute approximate surface area is 166 Å². The first-order chi connectivity index (χ1) is 13.5. The second-order valence-corrected chi connectivity index (χ2v) is 7.46. The fourth-order valence-corrected chi connectivity index (χ4v) is 3.86. The molecule has 0 aromatic carbocycles. The normalized spacial score (nSPS) is 15.1. The molecule has 0 radical (unpaired) electrons. The maximum Gasteiger partial charge on any atom is 0.315 e. The number of nitrogen functional groups attached to an aromatic ring is 1. The number of pyridine rings is 1. The van der Waals surface area contributed by atoms with Gasteiger partial charge < -0.3 is 25.7 Å².